The molecule has 0 aromatic carbocycles. The zero-order chi connectivity index (χ0) is 6.57. The molecule has 0 unspecified atom stereocenters. The number of carbonyl (C=O) groups is 1. The van der Waals surface area contributed by atoms with Crippen LogP contribution in [0.15, 0.2) is 12.2 Å². The maximum absolute atomic E-state index is 10.0. The molecule has 2 heteroatoms. The van der Waals surface area contributed by atoms with Crippen molar-refractivity contribution in [1.82, 2.24) is 0 Å². The molecule has 8 heavy (non-hydrogen) atoms. The topological polar surface area (TPSA) is 37.3 Å². The molecule has 1 N–H and O–H groups in total. The minimum Gasteiger partial charge on any atom is -0.481 e. The van der Waals surface area contributed by atoms with Crippen LogP contribution in [0.3, 0.4) is 0 Å². The molecule has 0 spiro atoms. The second-order valence-corrected chi connectivity index (χ2v) is 1.65. The van der Waals surface area contributed by atoms with Gasteiger partial charge in [-0.05, 0) is 13.8 Å². The van der Waals surface area contributed by atoms with Crippen LogP contribution in [0.2, 0.25) is 0 Å². The summed E-state index contributed by atoms with van der Waals surface area (Å²) >= 11 is 0. The number of allylic oxidation sites excluding steroid dienone is 1. The lowest BCUT2D eigenvalue weighted by atomic mass is 10.2. The maximum atomic E-state index is 10.0. The molecule has 46 valence electrons. The highest BCUT2D eigenvalue weighted by molar-refractivity contribution is 5.71. The third-order valence-electron chi connectivity index (χ3n) is 0.871. The summed E-state index contributed by atoms with van der Waals surface area (Å²) in [4.78, 5) is 10.0. The van der Waals surface area contributed by atoms with Crippen molar-refractivity contribution in [1.29, 1.82) is 0 Å². The van der Waals surface area contributed by atoms with E-state index in [0.717, 1.165) is 0 Å². The van der Waals surface area contributed by atoms with Gasteiger partial charge < -0.3 is 5.11 Å². The molecule has 0 aliphatic rings. The van der Waals surface area contributed by atoms with E-state index in [1.807, 2.05) is 0 Å². The van der Waals surface area contributed by atoms with Crippen LogP contribution in [0.1, 0.15) is 13.8 Å². The van der Waals surface area contributed by atoms with Gasteiger partial charge in [-0.3, -0.25) is 4.79 Å². The molecule has 1 atom stereocenters. The van der Waals surface area contributed by atoms with Crippen LogP contribution >= 0.6 is 0 Å². The van der Waals surface area contributed by atoms with Gasteiger partial charge in [0.2, 0.25) is 0 Å². The third kappa shape index (κ3) is 2.39. The fraction of sp³-hybridized carbons (Fsp3) is 0.500. The van der Waals surface area contributed by atoms with Gasteiger partial charge in [-0.15, -0.1) is 0 Å². The Morgan fingerprint density at radius 1 is 1.75 bits per heavy atom. The van der Waals surface area contributed by atoms with Gasteiger partial charge in [0.05, 0.1) is 5.92 Å². The number of carboxylic acid groups (broad SMARTS) is 1. The van der Waals surface area contributed by atoms with Gasteiger partial charge in [0.15, 0.2) is 0 Å². The van der Waals surface area contributed by atoms with Crippen molar-refractivity contribution >= 4 is 5.97 Å². The fourth-order valence-corrected chi connectivity index (χ4v) is 0.371. The molecular weight excluding hydrogens is 104 g/mol. The van der Waals surface area contributed by atoms with E-state index in [4.69, 9.17) is 5.11 Å². The minimum absolute atomic E-state index is 0.347. The second kappa shape index (κ2) is 3.24. The Bertz CT molecular complexity index is 105. The SMILES string of the molecule is C/C=C/[C@@H](C)C(=O)O. The van der Waals surface area contributed by atoms with Crippen molar-refractivity contribution in [3.63, 3.8) is 0 Å². The average Bonchev–Trinajstić information content (AvgIpc) is 1.67. The zero-order valence-corrected chi connectivity index (χ0v) is 5.09. The highest BCUT2D eigenvalue weighted by atomic mass is 16.4. The molecule has 0 bridgehead atoms. The highest BCUT2D eigenvalue weighted by Gasteiger charge is 2.03. The quantitative estimate of drug-likeness (QED) is 0.549. The first-order valence-corrected chi connectivity index (χ1v) is 2.54. The van der Waals surface area contributed by atoms with Gasteiger partial charge in [0, 0.05) is 0 Å². The number of carboxylic acids is 1. The molecule has 0 aliphatic carbocycles. The van der Waals surface area contributed by atoms with Crippen molar-refractivity contribution in [3.8, 4) is 0 Å². The van der Waals surface area contributed by atoms with Crippen LogP contribution < -0.4 is 0 Å². The standard InChI is InChI=1S/C6H10O2/c1-3-4-5(2)6(7)8/h3-5H,1-2H3,(H,7,8)/b4-3+/t5-/m1/s1. The molecule has 0 saturated carbocycles. The first-order chi connectivity index (χ1) is 3.68. The summed E-state index contributed by atoms with van der Waals surface area (Å²) in [5.74, 6) is -1.12. The Balaban J connectivity index is 3.64. The van der Waals surface area contributed by atoms with Crippen molar-refractivity contribution in [2.24, 2.45) is 5.92 Å². The molecule has 2 nitrogen and oxygen atoms in total. The average molecular weight is 114 g/mol. The zero-order valence-electron chi connectivity index (χ0n) is 5.09. The van der Waals surface area contributed by atoms with Crippen LogP contribution in [-0.2, 0) is 4.79 Å². The lowest BCUT2D eigenvalue weighted by Crippen LogP contribution is -2.05. The Hall–Kier alpha value is -0.790. The Labute approximate surface area is 48.8 Å². The van der Waals surface area contributed by atoms with E-state index in [1.54, 1.807) is 26.0 Å². The predicted octanol–water partition coefficient (Wildman–Crippen LogP) is 1.28. The molecule has 0 aromatic rings. The molecule has 0 aliphatic heterocycles. The van der Waals surface area contributed by atoms with E-state index in [2.05, 4.69) is 0 Å². The number of hydrogen-bond donors (Lipinski definition) is 1. The summed E-state index contributed by atoms with van der Waals surface area (Å²) in [6, 6.07) is 0. The Morgan fingerprint density at radius 2 is 2.25 bits per heavy atom. The molecule has 0 heterocycles. The van der Waals surface area contributed by atoms with Gasteiger partial charge in [-0.2, -0.15) is 0 Å². The molecular formula is C6H10O2. The fourth-order valence-electron chi connectivity index (χ4n) is 0.371. The van der Waals surface area contributed by atoms with Crippen LogP contribution in [-0.4, -0.2) is 11.1 Å². The van der Waals surface area contributed by atoms with Crippen molar-refractivity contribution < 1.29 is 9.90 Å². The van der Waals surface area contributed by atoms with Gasteiger partial charge in [-0.1, -0.05) is 12.2 Å². The van der Waals surface area contributed by atoms with E-state index >= 15 is 0 Å². The van der Waals surface area contributed by atoms with Crippen molar-refractivity contribution in [2.75, 3.05) is 0 Å². The van der Waals surface area contributed by atoms with Gasteiger partial charge in [0.1, 0.15) is 0 Å². The second-order valence-electron chi connectivity index (χ2n) is 1.65. The Kier molecular flexibility index (Phi) is 2.92. The number of hydrogen-bond acceptors (Lipinski definition) is 1. The monoisotopic (exact) mass is 114 g/mol. The number of rotatable bonds is 2. The van der Waals surface area contributed by atoms with Gasteiger partial charge >= 0.3 is 5.97 Å². The first kappa shape index (κ1) is 7.21. The summed E-state index contributed by atoms with van der Waals surface area (Å²) in [7, 11) is 0. The lowest BCUT2D eigenvalue weighted by molar-refractivity contribution is -0.139. The Morgan fingerprint density at radius 3 is 2.38 bits per heavy atom. The van der Waals surface area contributed by atoms with Crippen molar-refractivity contribution in [3.05, 3.63) is 12.2 Å². The van der Waals surface area contributed by atoms with E-state index in [9.17, 15) is 4.79 Å². The van der Waals surface area contributed by atoms with Crippen LogP contribution in [0.4, 0.5) is 0 Å². The molecule has 0 fully saturated rings. The van der Waals surface area contributed by atoms with E-state index in [1.165, 1.54) is 0 Å². The van der Waals surface area contributed by atoms with Gasteiger partial charge in [-0.25, -0.2) is 0 Å². The molecule has 0 rings (SSSR count). The highest BCUT2D eigenvalue weighted by Crippen LogP contribution is 1.94. The summed E-state index contributed by atoms with van der Waals surface area (Å²) in [5, 5.41) is 8.26. The maximum Gasteiger partial charge on any atom is 0.310 e. The molecule has 0 radical (unpaired) electrons. The van der Waals surface area contributed by atoms with Gasteiger partial charge in [0.25, 0.3) is 0 Å². The van der Waals surface area contributed by atoms with E-state index < -0.39 is 5.97 Å². The summed E-state index contributed by atoms with van der Waals surface area (Å²) in [6.07, 6.45) is 3.38. The lowest BCUT2D eigenvalue weighted by Gasteiger charge is -1.93. The third-order valence-corrected chi connectivity index (χ3v) is 0.871. The first-order valence-electron chi connectivity index (χ1n) is 2.54. The normalized spacial score (nSPS) is 14.2. The van der Waals surface area contributed by atoms with Crippen LogP contribution in [0.5, 0.6) is 0 Å². The van der Waals surface area contributed by atoms with Crippen LogP contribution in [0.25, 0.3) is 0 Å². The van der Waals surface area contributed by atoms with Crippen LogP contribution in [0, 0.1) is 5.92 Å². The minimum atomic E-state index is -0.775. The number of aliphatic carboxylic acids is 1. The summed E-state index contributed by atoms with van der Waals surface area (Å²) in [5.41, 5.74) is 0. The molecule has 0 aromatic heterocycles. The summed E-state index contributed by atoms with van der Waals surface area (Å²) < 4.78 is 0. The largest absolute Gasteiger partial charge is 0.481 e. The van der Waals surface area contributed by atoms with Crippen molar-refractivity contribution in [2.45, 2.75) is 13.8 Å². The predicted molar refractivity (Wildman–Crippen MR) is 31.6 cm³/mol. The van der Waals surface area contributed by atoms with E-state index in [0.29, 0.717) is 0 Å². The molecule has 0 saturated heterocycles. The van der Waals surface area contributed by atoms with E-state index in [-0.39, 0.29) is 5.92 Å². The summed E-state index contributed by atoms with van der Waals surface area (Å²) in [6.45, 7) is 3.45. The molecule has 0 amide bonds. The smallest absolute Gasteiger partial charge is 0.310 e.